The lowest BCUT2D eigenvalue weighted by molar-refractivity contribution is -0.115. The van der Waals surface area contributed by atoms with E-state index in [-0.39, 0.29) is 28.4 Å². The molecule has 172 valence electrons. The molecule has 3 aromatic carbocycles. The van der Waals surface area contributed by atoms with Crippen molar-refractivity contribution >= 4 is 33.2 Å². The number of sulfonamides is 1. The molecule has 0 aliphatic rings. The molecule has 0 aromatic heterocycles. The van der Waals surface area contributed by atoms with Crippen LogP contribution in [0.25, 0.3) is 0 Å². The third kappa shape index (κ3) is 6.07. The number of ether oxygens (including phenoxy) is 1. The van der Waals surface area contributed by atoms with Crippen molar-refractivity contribution in [2.75, 3.05) is 23.7 Å². The van der Waals surface area contributed by atoms with Gasteiger partial charge in [0.2, 0.25) is 5.91 Å². The minimum absolute atomic E-state index is 0.0324. The van der Waals surface area contributed by atoms with Gasteiger partial charge in [0, 0.05) is 11.3 Å². The number of carbonyl (C=O) groups is 2. The number of amides is 2. The van der Waals surface area contributed by atoms with E-state index < -0.39 is 27.7 Å². The van der Waals surface area contributed by atoms with Gasteiger partial charge >= 0.3 is 0 Å². The normalized spacial score (nSPS) is 10.9. The summed E-state index contributed by atoms with van der Waals surface area (Å²) in [5, 5.41) is 4.93. The van der Waals surface area contributed by atoms with E-state index in [9.17, 15) is 22.4 Å². The maximum absolute atomic E-state index is 13.2. The van der Waals surface area contributed by atoms with Crippen LogP contribution in [0.4, 0.5) is 15.8 Å². The molecule has 3 rings (SSSR count). The Labute approximate surface area is 190 Å². The van der Waals surface area contributed by atoms with E-state index in [0.717, 1.165) is 6.07 Å². The smallest absolute Gasteiger partial charge is 0.262 e. The van der Waals surface area contributed by atoms with E-state index in [1.807, 2.05) is 0 Å². The van der Waals surface area contributed by atoms with Crippen LogP contribution >= 0.6 is 0 Å². The van der Waals surface area contributed by atoms with Crippen LogP contribution in [0.1, 0.15) is 15.9 Å². The maximum atomic E-state index is 13.2. The Morgan fingerprint density at radius 2 is 1.76 bits per heavy atom. The number of anilines is 2. The summed E-state index contributed by atoms with van der Waals surface area (Å²) in [6.45, 7) is 1.24. The summed E-state index contributed by atoms with van der Waals surface area (Å²) in [6, 6.07) is 16.1. The second-order valence-electron chi connectivity index (χ2n) is 7.03. The van der Waals surface area contributed by atoms with Crippen LogP contribution in [-0.4, -0.2) is 33.9 Å². The molecule has 0 spiro atoms. The highest BCUT2D eigenvalue weighted by Crippen LogP contribution is 2.28. The monoisotopic (exact) mass is 471 g/mol. The summed E-state index contributed by atoms with van der Waals surface area (Å²) in [5.41, 5.74) is 1.05. The first-order valence-electron chi connectivity index (χ1n) is 9.80. The minimum Gasteiger partial charge on any atom is -0.495 e. The zero-order valence-electron chi connectivity index (χ0n) is 17.9. The highest BCUT2D eigenvalue weighted by molar-refractivity contribution is 7.92. The molecule has 0 aliphatic carbocycles. The SMILES string of the molecule is COc1ccccc1NS(=O)(=O)c1cc(NC(=O)CNC(=O)c2cccc(F)c2)ccc1C. The molecule has 3 aromatic rings. The largest absolute Gasteiger partial charge is 0.495 e. The van der Waals surface area contributed by atoms with Crippen molar-refractivity contribution in [1.82, 2.24) is 5.32 Å². The molecule has 3 N–H and O–H groups in total. The number of benzene rings is 3. The van der Waals surface area contributed by atoms with E-state index in [0.29, 0.717) is 11.3 Å². The van der Waals surface area contributed by atoms with Gasteiger partial charge in [-0.25, -0.2) is 12.8 Å². The fourth-order valence-corrected chi connectivity index (χ4v) is 4.34. The molecule has 0 aliphatic heterocycles. The summed E-state index contributed by atoms with van der Waals surface area (Å²) in [4.78, 5) is 24.3. The summed E-state index contributed by atoms with van der Waals surface area (Å²) < 4.78 is 46.8. The average molecular weight is 472 g/mol. The standard InChI is InChI=1S/C23H22FN3O5S/c1-15-10-11-18(26-22(28)14-25-23(29)16-6-5-7-17(24)12-16)13-21(15)33(30,31)27-19-8-3-4-9-20(19)32-2/h3-13,27H,14H2,1-2H3,(H,25,29)(H,26,28). The molecule has 0 unspecified atom stereocenters. The molecule has 10 heteroatoms. The zero-order chi connectivity index (χ0) is 24.0. The summed E-state index contributed by atoms with van der Waals surface area (Å²) >= 11 is 0. The summed E-state index contributed by atoms with van der Waals surface area (Å²) in [7, 11) is -2.56. The molecule has 0 saturated carbocycles. The minimum atomic E-state index is -3.99. The highest BCUT2D eigenvalue weighted by Gasteiger charge is 2.20. The Kier molecular flexibility index (Phi) is 7.29. The van der Waals surface area contributed by atoms with Crippen LogP contribution in [-0.2, 0) is 14.8 Å². The Morgan fingerprint density at radius 3 is 2.48 bits per heavy atom. The molecule has 2 amide bonds. The highest BCUT2D eigenvalue weighted by atomic mass is 32.2. The number of hydrogen-bond donors (Lipinski definition) is 3. The molecule has 33 heavy (non-hydrogen) atoms. The molecule has 0 saturated heterocycles. The second-order valence-corrected chi connectivity index (χ2v) is 8.68. The first-order chi connectivity index (χ1) is 15.7. The second kappa shape index (κ2) is 10.1. The van der Waals surface area contributed by atoms with Crippen molar-refractivity contribution in [2.45, 2.75) is 11.8 Å². The van der Waals surface area contributed by atoms with Gasteiger partial charge in [0.05, 0.1) is 24.2 Å². The zero-order valence-corrected chi connectivity index (χ0v) is 18.7. The van der Waals surface area contributed by atoms with Gasteiger partial charge in [-0.05, 0) is 55.0 Å². The van der Waals surface area contributed by atoms with Gasteiger partial charge in [0.15, 0.2) is 0 Å². The number of rotatable bonds is 8. The Morgan fingerprint density at radius 1 is 1.00 bits per heavy atom. The van der Waals surface area contributed by atoms with E-state index in [4.69, 9.17) is 4.74 Å². The van der Waals surface area contributed by atoms with Gasteiger partial charge in [-0.15, -0.1) is 0 Å². The van der Waals surface area contributed by atoms with Gasteiger partial charge in [-0.2, -0.15) is 0 Å². The van der Waals surface area contributed by atoms with E-state index >= 15 is 0 Å². The van der Waals surface area contributed by atoms with Gasteiger partial charge in [0.25, 0.3) is 15.9 Å². The van der Waals surface area contributed by atoms with Crippen molar-refractivity contribution in [3.8, 4) is 5.75 Å². The van der Waals surface area contributed by atoms with E-state index in [1.165, 1.54) is 31.4 Å². The Hall–Kier alpha value is -3.92. The predicted octanol–water partition coefficient (Wildman–Crippen LogP) is 3.31. The lowest BCUT2D eigenvalue weighted by Crippen LogP contribution is -2.32. The molecule has 0 fully saturated rings. The third-order valence-corrected chi connectivity index (χ3v) is 6.12. The van der Waals surface area contributed by atoms with Crippen LogP contribution in [0, 0.1) is 12.7 Å². The predicted molar refractivity (Wildman–Crippen MR) is 122 cm³/mol. The molecular weight excluding hydrogens is 449 g/mol. The van der Waals surface area contributed by atoms with Gasteiger partial charge < -0.3 is 15.4 Å². The van der Waals surface area contributed by atoms with Gasteiger partial charge in [-0.1, -0.05) is 24.3 Å². The lowest BCUT2D eigenvalue weighted by atomic mass is 10.2. The van der Waals surface area contributed by atoms with Crippen molar-refractivity contribution in [1.29, 1.82) is 0 Å². The van der Waals surface area contributed by atoms with E-state index in [2.05, 4.69) is 15.4 Å². The van der Waals surface area contributed by atoms with Crippen LogP contribution < -0.4 is 20.1 Å². The van der Waals surface area contributed by atoms with Crippen LogP contribution in [0.5, 0.6) is 5.75 Å². The molecule has 8 nitrogen and oxygen atoms in total. The number of para-hydroxylation sites is 2. The molecule has 0 radical (unpaired) electrons. The number of methoxy groups -OCH3 is 1. The number of halogens is 1. The van der Waals surface area contributed by atoms with E-state index in [1.54, 1.807) is 43.3 Å². The number of nitrogens with one attached hydrogen (secondary N) is 3. The van der Waals surface area contributed by atoms with Crippen molar-refractivity contribution in [3.05, 3.63) is 83.7 Å². The van der Waals surface area contributed by atoms with Crippen LogP contribution in [0.2, 0.25) is 0 Å². The van der Waals surface area contributed by atoms with Crippen molar-refractivity contribution < 1.29 is 27.1 Å². The lowest BCUT2D eigenvalue weighted by Gasteiger charge is -2.14. The topological polar surface area (TPSA) is 114 Å². The molecular formula is C23H22FN3O5S. The number of aryl methyl sites for hydroxylation is 1. The van der Waals surface area contributed by atoms with Gasteiger partial charge in [-0.3, -0.25) is 14.3 Å². The maximum Gasteiger partial charge on any atom is 0.262 e. The summed E-state index contributed by atoms with van der Waals surface area (Å²) in [6.07, 6.45) is 0. The fraction of sp³-hybridized carbons (Fsp3) is 0.130. The Balaban J connectivity index is 1.70. The number of hydrogen-bond acceptors (Lipinski definition) is 5. The first-order valence-corrected chi connectivity index (χ1v) is 11.3. The summed E-state index contributed by atoms with van der Waals surface area (Å²) in [5.74, 6) is -1.40. The fourth-order valence-electron chi connectivity index (χ4n) is 2.99. The van der Waals surface area contributed by atoms with Crippen molar-refractivity contribution in [2.24, 2.45) is 0 Å². The van der Waals surface area contributed by atoms with Crippen molar-refractivity contribution in [3.63, 3.8) is 0 Å². The third-order valence-electron chi connectivity index (χ3n) is 4.61. The van der Waals surface area contributed by atoms with Gasteiger partial charge in [0.1, 0.15) is 11.6 Å². The first kappa shape index (κ1) is 23.7. The quantitative estimate of drug-likeness (QED) is 0.467. The molecule has 0 atom stereocenters. The number of carbonyl (C=O) groups excluding carboxylic acids is 2. The molecule has 0 heterocycles. The average Bonchev–Trinajstić information content (AvgIpc) is 2.78. The molecule has 0 bridgehead atoms. The Bertz CT molecular complexity index is 1290. The van der Waals surface area contributed by atoms with Crippen LogP contribution in [0.3, 0.4) is 0 Å². The van der Waals surface area contributed by atoms with Crippen LogP contribution in [0.15, 0.2) is 71.6 Å².